The van der Waals surface area contributed by atoms with Gasteiger partial charge in [-0.15, -0.1) is 0 Å². The SMILES string of the molecule is COc1ccc2c(c1)CCCC2NC(=O)NCc1ccc(C(=O)O)cc1. The van der Waals surface area contributed by atoms with Gasteiger partial charge in [-0.25, -0.2) is 9.59 Å². The van der Waals surface area contributed by atoms with Crippen molar-refractivity contribution in [2.24, 2.45) is 0 Å². The maximum atomic E-state index is 12.3. The number of ether oxygens (including phenoxy) is 1. The van der Waals surface area contributed by atoms with E-state index in [-0.39, 0.29) is 17.6 Å². The zero-order valence-electron chi connectivity index (χ0n) is 14.6. The number of carbonyl (C=O) groups excluding carboxylic acids is 1. The third-order valence-electron chi connectivity index (χ3n) is 4.62. The van der Waals surface area contributed by atoms with Crippen LogP contribution in [0.5, 0.6) is 5.75 Å². The van der Waals surface area contributed by atoms with Crippen LogP contribution in [0.1, 0.15) is 45.9 Å². The summed E-state index contributed by atoms with van der Waals surface area (Å²) in [6.45, 7) is 0.341. The minimum absolute atomic E-state index is 0.0148. The maximum Gasteiger partial charge on any atom is 0.335 e. The molecule has 0 bridgehead atoms. The van der Waals surface area contributed by atoms with Crippen molar-refractivity contribution in [1.82, 2.24) is 10.6 Å². The number of amides is 2. The number of nitrogens with one attached hydrogen (secondary N) is 2. The van der Waals surface area contributed by atoms with Gasteiger partial charge >= 0.3 is 12.0 Å². The molecule has 2 aromatic rings. The summed E-state index contributed by atoms with van der Waals surface area (Å²) >= 11 is 0. The molecule has 1 atom stereocenters. The first kappa shape index (κ1) is 17.8. The molecule has 26 heavy (non-hydrogen) atoms. The molecule has 1 aliphatic carbocycles. The van der Waals surface area contributed by atoms with Gasteiger partial charge in [-0.1, -0.05) is 18.2 Å². The van der Waals surface area contributed by atoms with Gasteiger partial charge in [-0.2, -0.15) is 0 Å². The van der Waals surface area contributed by atoms with E-state index in [1.54, 1.807) is 19.2 Å². The lowest BCUT2D eigenvalue weighted by Crippen LogP contribution is -2.38. The van der Waals surface area contributed by atoms with E-state index in [2.05, 4.69) is 10.6 Å². The van der Waals surface area contributed by atoms with Crippen molar-refractivity contribution in [3.63, 3.8) is 0 Å². The molecule has 0 heterocycles. The molecule has 2 aromatic carbocycles. The van der Waals surface area contributed by atoms with E-state index >= 15 is 0 Å². The number of fused-ring (bicyclic) bond motifs is 1. The van der Waals surface area contributed by atoms with Gasteiger partial charge in [0.25, 0.3) is 0 Å². The number of urea groups is 1. The van der Waals surface area contributed by atoms with Gasteiger partial charge in [0.05, 0.1) is 18.7 Å². The predicted octanol–water partition coefficient (Wildman–Crippen LogP) is 3.27. The summed E-state index contributed by atoms with van der Waals surface area (Å²) in [5.41, 5.74) is 3.43. The second-order valence-electron chi connectivity index (χ2n) is 6.34. The third kappa shape index (κ3) is 4.14. The fourth-order valence-electron chi connectivity index (χ4n) is 3.22. The largest absolute Gasteiger partial charge is 0.497 e. The number of aromatic carboxylic acids is 1. The molecule has 6 heteroatoms. The monoisotopic (exact) mass is 354 g/mol. The zero-order chi connectivity index (χ0) is 18.5. The third-order valence-corrected chi connectivity index (χ3v) is 4.62. The Balaban J connectivity index is 1.58. The molecule has 1 aliphatic rings. The van der Waals surface area contributed by atoms with Gasteiger partial charge in [0.1, 0.15) is 5.75 Å². The van der Waals surface area contributed by atoms with Gasteiger partial charge in [0.15, 0.2) is 0 Å². The Morgan fingerprint density at radius 3 is 2.65 bits per heavy atom. The number of rotatable bonds is 5. The number of hydrogen-bond donors (Lipinski definition) is 3. The Kier molecular flexibility index (Phi) is 5.41. The van der Waals surface area contributed by atoms with Crippen molar-refractivity contribution >= 4 is 12.0 Å². The lowest BCUT2D eigenvalue weighted by atomic mass is 9.87. The number of methoxy groups -OCH3 is 1. The molecule has 136 valence electrons. The van der Waals surface area contributed by atoms with Crippen LogP contribution in [0.15, 0.2) is 42.5 Å². The Bertz CT molecular complexity index is 802. The fraction of sp³-hybridized carbons (Fsp3) is 0.300. The van der Waals surface area contributed by atoms with Crippen LogP contribution in [-0.2, 0) is 13.0 Å². The molecular weight excluding hydrogens is 332 g/mol. The van der Waals surface area contributed by atoms with Crippen molar-refractivity contribution in [3.8, 4) is 5.75 Å². The van der Waals surface area contributed by atoms with Gasteiger partial charge in [0.2, 0.25) is 0 Å². The van der Waals surface area contributed by atoms with Crippen LogP contribution in [0, 0.1) is 0 Å². The van der Waals surface area contributed by atoms with E-state index in [0.29, 0.717) is 6.54 Å². The van der Waals surface area contributed by atoms with Crippen molar-refractivity contribution in [3.05, 3.63) is 64.7 Å². The van der Waals surface area contributed by atoms with Crippen molar-refractivity contribution < 1.29 is 19.4 Å². The number of hydrogen-bond acceptors (Lipinski definition) is 3. The quantitative estimate of drug-likeness (QED) is 0.769. The van der Waals surface area contributed by atoms with E-state index in [1.807, 2.05) is 18.2 Å². The smallest absolute Gasteiger partial charge is 0.335 e. The molecule has 3 N–H and O–H groups in total. The van der Waals surface area contributed by atoms with E-state index in [0.717, 1.165) is 36.1 Å². The van der Waals surface area contributed by atoms with E-state index in [9.17, 15) is 9.59 Å². The van der Waals surface area contributed by atoms with Crippen molar-refractivity contribution in [2.45, 2.75) is 31.8 Å². The summed E-state index contributed by atoms with van der Waals surface area (Å²) in [7, 11) is 1.65. The Labute approximate surface area is 152 Å². The standard InChI is InChI=1S/C20H22N2O4/c1-26-16-9-10-17-15(11-16)3-2-4-18(17)22-20(25)21-12-13-5-7-14(8-6-13)19(23)24/h5-11,18H,2-4,12H2,1H3,(H,23,24)(H2,21,22,25). The van der Waals surface area contributed by atoms with Crippen LogP contribution >= 0.6 is 0 Å². The van der Waals surface area contributed by atoms with Crippen LogP contribution in [-0.4, -0.2) is 24.2 Å². The Morgan fingerprint density at radius 2 is 1.96 bits per heavy atom. The van der Waals surface area contributed by atoms with Crippen molar-refractivity contribution in [2.75, 3.05) is 7.11 Å². The molecule has 6 nitrogen and oxygen atoms in total. The molecular formula is C20H22N2O4. The number of carboxylic acids is 1. The molecule has 0 aromatic heterocycles. The first-order valence-electron chi connectivity index (χ1n) is 8.60. The summed E-state index contributed by atoms with van der Waals surface area (Å²) in [5, 5.41) is 14.8. The second-order valence-corrected chi connectivity index (χ2v) is 6.34. The van der Waals surface area contributed by atoms with Crippen molar-refractivity contribution in [1.29, 1.82) is 0 Å². The van der Waals surface area contributed by atoms with Gasteiger partial charge in [-0.05, 0) is 60.2 Å². The summed E-state index contributed by atoms with van der Waals surface area (Å²) in [6, 6.07) is 12.2. The van der Waals surface area contributed by atoms with E-state index in [1.165, 1.54) is 17.7 Å². The number of carboxylic acid groups (broad SMARTS) is 1. The fourth-order valence-corrected chi connectivity index (χ4v) is 3.22. The number of aryl methyl sites for hydroxylation is 1. The highest BCUT2D eigenvalue weighted by molar-refractivity contribution is 5.87. The summed E-state index contributed by atoms with van der Waals surface area (Å²) in [6.07, 6.45) is 2.91. The normalized spacial score (nSPS) is 15.7. The molecule has 3 rings (SSSR count). The zero-order valence-corrected chi connectivity index (χ0v) is 14.6. The van der Waals surface area contributed by atoms with Crippen LogP contribution in [0.4, 0.5) is 4.79 Å². The van der Waals surface area contributed by atoms with Gasteiger partial charge < -0.3 is 20.5 Å². The molecule has 0 spiro atoms. The lowest BCUT2D eigenvalue weighted by Gasteiger charge is -2.27. The average Bonchev–Trinajstić information content (AvgIpc) is 2.66. The van der Waals surface area contributed by atoms with Gasteiger partial charge in [0, 0.05) is 6.54 Å². The van der Waals surface area contributed by atoms with Crippen LogP contribution in [0.2, 0.25) is 0 Å². The highest BCUT2D eigenvalue weighted by Crippen LogP contribution is 2.32. The molecule has 2 amide bonds. The molecule has 0 fully saturated rings. The van der Waals surface area contributed by atoms with Crippen LogP contribution in [0.3, 0.4) is 0 Å². The number of carbonyl (C=O) groups is 2. The minimum Gasteiger partial charge on any atom is -0.497 e. The number of benzene rings is 2. The Morgan fingerprint density at radius 1 is 1.19 bits per heavy atom. The molecule has 0 saturated heterocycles. The first-order chi connectivity index (χ1) is 12.6. The molecule has 0 aliphatic heterocycles. The maximum absolute atomic E-state index is 12.3. The second kappa shape index (κ2) is 7.91. The topological polar surface area (TPSA) is 87.7 Å². The van der Waals surface area contributed by atoms with Gasteiger partial charge in [-0.3, -0.25) is 0 Å². The Hall–Kier alpha value is -3.02. The summed E-state index contributed by atoms with van der Waals surface area (Å²) in [5.74, 6) is -0.131. The average molecular weight is 354 g/mol. The van der Waals surface area contributed by atoms with Crippen LogP contribution in [0.25, 0.3) is 0 Å². The highest BCUT2D eigenvalue weighted by Gasteiger charge is 2.22. The molecule has 0 radical (unpaired) electrons. The summed E-state index contributed by atoms with van der Waals surface area (Å²) < 4.78 is 5.27. The molecule has 1 unspecified atom stereocenters. The van der Waals surface area contributed by atoms with Crippen LogP contribution < -0.4 is 15.4 Å². The van der Waals surface area contributed by atoms with E-state index < -0.39 is 5.97 Å². The van der Waals surface area contributed by atoms with E-state index in [4.69, 9.17) is 9.84 Å². The highest BCUT2D eigenvalue weighted by atomic mass is 16.5. The minimum atomic E-state index is -0.963. The molecule has 0 saturated carbocycles. The lowest BCUT2D eigenvalue weighted by molar-refractivity contribution is 0.0697. The predicted molar refractivity (Wildman–Crippen MR) is 97.4 cm³/mol. The summed E-state index contributed by atoms with van der Waals surface area (Å²) in [4.78, 5) is 23.1. The first-order valence-corrected chi connectivity index (χ1v) is 8.60.